The van der Waals surface area contributed by atoms with E-state index in [1.54, 1.807) is 7.11 Å². The van der Waals surface area contributed by atoms with Crippen molar-refractivity contribution in [3.05, 3.63) is 28.2 Å². The molecule has 1 aliphatic heterocycles. The van der Waals surface area contributed by atoms with Crippen LogP contribution in [0, 0.1) is 5.92 Å². The van der Waals surface area contributed by atoms with Crippen molar-refractivity contribution < 1.29 is 9.47 Å². The van der Waals surface area contributed by atoms with Crippen molar-refractivity contribution in [2.45, 2.75) is 25.8 Å². The van der Waals surface area contributed by atoms with Gasteiger partial charge in [-0.1, -0.05) is 22.9 Å². The molecule has 1 fully saturated rings. The third-order valence-electron chi connectivity index (χ3n) is 3.59. The van der Waals surface area contributed by atoms with E-state index in [-0.39, 0.29) is 0 Å². The molecule has 0 aliphatic carbocycles. The van der Waals surface area contributed by atoms with Crippen LogP contribution in [0.25, 0.3) is 0 Å². The minimum absolute atomic E-state index is 0.326. The monoisotopic (exact) mass is 327 g/mol. The molecule has 1 saturated heterocycles. The highest BCUT2D eigenvalue weighted by molar-refractivity contribution is 9.10. The molecule has 0 saturated carbocycles. The molecule has 3 nitrogen and oxygen atoms in total. The Labute approximate surface area is 123 Å². The maximum absolute atomic E-state index is 5.55. The van der Waals surface area contributed by atoms with E-state index < -0.39 is 0 Å². The van der Waals surface area contributed by atoms with Crippen LogP contribution < -0.4 is 10.1 Å². The SMILES string of the molecule is CCCNC(c1cc(OC)ccc1Br)C1CCOC1. The van der Waals surface area contributed by atoms with Gasteiger partial charge in [-0.25, -0.2) is 0 Å². The van der Waals surface area contributed by atoms with Crippen LogP contribution in [0.2, 0.25) is 0 Å². The molecule has 2 unspecified atom stereocenters. The summed E-state index contributed by atoms with van der Waals surface area (Å²) in [6.45, 7) is 4.92. The quantitative estimate of drug-likeness (QED) is 0.866. The van der Waals surface area contributed by atoms with Crippen LogP contribution in [-0.2, 0) is 4.74 Å². The Balaban J connectivity index is 2.25. The molecular formula is C15H22BrNO2. The Kier molecular flexibility index (Phi) is 5.67. The summed E-state index contributed by atoms with van der Waals surface area (Å²) < 4.78 is 12.0. The minimum atomic E-state index is 0.326. The second-order valence-corrected chi connectivity index (χ2v) is 5.80. The first-order valence-corrected chi connectivity index (χ1v) is 7.70. The van der Waals surface area contributed by atoms with Crippen molar-refractivity contribution in [3.8, 4) is 5.75 Å². The maximum atomic E-state index is 5.55. The standard InChI is InChI=1S/C15H22BrNO2/c1-3-7-17-15(11-6-8-19-10-11)13-9-12(18-2)4-5-14(13)16/h4-5,9,11,15,17H,3,6-8,10H2,1-2H3. The van der Waals surface area contributed by atoms with Gasteiger partial charge in [0.1, 0.15) is 5.75 Å². The highest BCUT2D eigenvalue weighted by atomic mass is 79.9. The largest absolute Gasteiger partial charge is 0.497 e. The van der Waals surface area contributed by atoms with E-state index in [0.29, 0.717) is 12.0 Å². The highest BCUT2D eigenvalue weighted by Gasteiger charge is 2.28. The first-order chi connectivity index (χ1) is 9.26. The zero-order valence-corrected chi connectivity index (χ0v) is 13.2. The molecule has 106 valence electrons. The smallest absolute Gasteiger partial charge is 0.119 e. The lowest BCUT2D eigenvalue weighted by Crippen LogP contribution is -2.29. The second kappa shape index (κ2) is 7.27. The van der Waals surface area contributed by atoms with Gasteiger partial charge in [-0.2, -0.15) is 0 Å². The topological polar surface area (TPSA) is 30.5 Å². The molecule has 2 atom stereocenters. The van der Waals surface area contributed by atoms with Crippen LogP contribution in [-0.4, -0.2) is 26.9 Å². The van der Waals surface area contributed by atoms with Gasteiger partial charge >= 0.3 is 0 Å². The Hall–Kier alpha value is -0.580. The summed E-state index contributed by atoms with van der Waals surface area (Å²) in [5, 5.41) is 3.65. The molecular weight excluding hydrogens is 306 g/mol. The van der Waals surface area contributed by atoms with E-state index in [1.807, 2.05) is 6.07 Å². The number of nitrogens with one attached hydrogen (secondary N) is 1. The highest BCUT2D eigenvalue weighted by Crippen LogP contribution is 2.35. The predicted octanol–water partition coefficient (Wildman–Crippen LogP) is 3.53. The Morgan fingerprint density at radius 1 is 1.53 bits per heavy atom. The van der Waals surface area contributed by atoms with Gasteiger partial charge in [0, 0.05) is 23.0 Å². The van der Waals surface area contributed by atoms with Crippen LogP contribution in [0.3, 0.4) is 0 Å². The lowest BCUT2D eigenvalue weighted by atomic mass is 9.92. The molecule has 0 bridgehead atoms. The van der Waals surface area contributed by atoms with Crippen molar-refractivity contribution in [3.63, 3.8) is 0 Å². The van der Waals surface area contributed by atoms with E-state index in [4.69, 9.17) is 9.47 Å². The summed E-state index contributed by atoms with van der Waals surface area (Å²) in [6.07, 6.45) is 2.25. The molecule has 1 aliphatic rings. The van der Waals surface area contributed by atoms with Gasteiger partial charge in [0.15, 0.2) is 0 Å². The van der Waals surface area contributed by atoms with E-state index in [9.17, 15) is 0 Å². The normalized spacial score (nSPS) is 20.5. The summed E-state index contributed by atoms with van der Waals surface area (Å²) in [6, 6.07) is 6.49. The summed E-state index contributed by atoms with van der Waals surface area (Å²) in [5.41, 5.74) is 1.27. The van der Waals surface area contributed by atoms with Crippen LogP contribution in [0.4, 0.5) is 0 Å². The van der Waals surface area contributed by atoms with Gasteiger partial charge in [0.05, 0.1) is 13.7 Å². The number of methoxy groups -OCH3 is 1. The number of halogens is 1. The molecule has 0 amide bonds. The van der Waals surface area contributed by atoms with Crippen molar-refractivity contribution in [2.75, 3.05) is 26.9 Å². The maximum Gasteiger partial charge on any atom is 0.119 e. The molecule has 1 N–H and O–H groups in total. The third kappa shape index (κ3) is 3.71. The summed E-state index contributed by atoms with van der Waals surface area (Å²) in [7, 11) is 1.71. The number of benzene rings is 1. The second-order valence-electron chi connectivity index (χ2n) is 4.94. The average molecular weight is 328 g/mol. The minimum Gasteiger partial charge on any atom is -0.497 e. The lowest BCUT2D eigenvalue weighted by molar-refractivity contribution is 0.176. The van der Waals surface area contributed by atoms with Crippen molar-refractivity contribution >= 4 is 15.9 Å². The van der Waals surface area contributed by atoms with Gasteiger partial charge in [-0.05, 0) is 43.1 Å². The van der Waals surface area contributed by atoms with Crippen LogP contribution >= 0.6 is 15.9 Å². The molecule has 0 spiro atoms. The fraction of sp³-hybridized carbons (Fsp3) is 0.600. The van der Waals surface area contributed by atoms with Crippen LogP contribution in [0.5, 0.6) is 5.75 Å². The summed E-state index contributed by atoms with van der Waals surface area (Å²) in [5.74, 6) is 1.44. The third-order valence-corrected chi connectivity index (χ3v) is 4.31. The molecule has 0 aromatic heterocycles. The number of hydrogen-bond donors (Lipinski definition) is 1. The number of hydrogen-bond acceptors (Lipinski definition) is 3. The van der Waals surface area contributed by atoms with Gasteiger partial charge in [-0.15, -0.1) is 0 Å². The average Bonchev–Trinajstić information content (AvgIpc) is 2.95. The zero-order valence-electron chi connectivity index (χ0n) is 11.6. The Bertz CT molecular complexity index is 405. The molecule has 2 rings (SSSR count). The number of ether oxygens (including phenoxy) is 2. The molecule has 1 aromatic carbocycles. The number of rotatable bonds is 6. The first-order valence-electron chi connectivity index (χ1n) is 6.90. The molecule has 0 radical (unpaired) electrons. The zero-order chi connectivity index (χ0) is 13.7. The Morgan fingerprint density at radius 3 is 3.00 bits per heavy atom. The van der Waals surface area contributed by atoms with Gasteiger partial charge in [0.25, 0.3) is 0 Å². The fourth-order valence-electron chi connectivity index (χ4n) is 2.53. The van der Waals surface area contributed by atoms with Crippen LogP contribution in [0.1, 0.15) is 31.4 Å². The van der Waals surface area contributed by atoms with Crippen LogP contribution in [0.15, 0.2) is 22.7 Å². The van der Waals surface area contributed by atoms with E-state index >= 15 is 0 Å². The van der Waals surface area contributed by atoms with Gasteiger partial charge in [0.2, 0.25) is 0 Å². The molecule has 4 heteroatoms. The first kappa shape index (κ1) is 14.8. The fourth-order valence-corrected chi connectivity index (χ4v) is 3.03. The van der Waals surface area contributed by atoms with Crippen molar-refractivity contribution in [1.82, 2.24) is 5.32 Å². The summed E-state index contributed by atoms with van der Waals surface area (Å²) in [4.78, 5) is 0. The Morgan fingerprint density at radius 2 is 2.37 bits per heavy atom. The van der Waals surface area contributed by atoms with E-state index in [1.165, 1.54) is 5.56 Å². The lowest BCUT2D eigenvalue weighted by Gasteiger charge is -2.25. The van der Waals surface area contributed by atoms with Crippen molar-refractivity contribution in [1.29, 1.82) is 0 Å². The van der Waals surface area contributed by atoms with Crippen molar-refractivity contribution in [2.24, 2.45) is 5.92 Å². The van der Waals surface area contributed by atoms with E-state index in [2.05, 4.69) is 40.3 Å². The molecule has 19 heavy (non-hydrogen) atoms. The molecule has 1 aromatic rings. The van der Waals surface area contributed by atoms with E-state index in [0.717, 1.165) is 42.8 Å². The predicted molar refractivity (Wildman–Crippen MR) is 80.7 cm³/mol. The summed E-state index contributed by atoms with van der Waals surface area (Å²) >= 11 is 3.66. The molecule has 1 heterocycles. The van der Waals surface area contributed by atoms with Gasteiger partial charge in [-0.3, -0.25) is 0 Å². The van der Waals surface area contributed by atoms with Gasteiger partial charge < -0.3 is 14.8 Å².